The Balaban J connectivity index is 2.44. The van der Waals surface area contributed by atoms with Crippen LogP contribution in [0.4, 0.5) is 0 Å². The molecule has 3 nitrogen and oxygen atoms in total. The van der Waals surface area contributed by atoms with Gasteiger partial charge in [-0.1, -0.05) is 33.6 Å². The Bertz CT molecular complexity index is 239. The van der Waals surface area contributed by atoms with Gasteiger partial charge in [0.25, 0.3) is 0 Å². The highest BCUT2D eigenvalue weighted by molar-refractivity contribution is 5.82. The van der Waals surface area contributed by atoms with Crippen molar-refractivity contribution < 1.29 is 4.79 Å². The molecule has 0 aromatic rings. The van der Waals surface area contributed by atoms with Crippen LogP contribution in [0.5, 0.6) is 0 Å². The number of hydrogen-bond donors (Lipinski definition) is 2. The van der Waals surface area contributed by atoms with E-state index in [0.29, 0.717) is 5.92 Å². The summed E-state index contributed by atoms with van der Waals surface area (Å²) in [6.45, 7) is 8.09. The molecule has 1 saturated carbocycles. The highest BCUT2D eigenvalue weighted by Gasteiger charge is 2.30. The van der Waals surface area contributed by atoms with Gasteiger partial charge in [-0.2, -0.15) is 0 Å². The second kappa shape index (κ2) is 5.17. The maximum atomic E-state index is 11.9. The van der Waals surface area contributed by atoms with Crippen LogP contribution in [0.1, 0.15) is 53.4 Å². The first kappa shape index (κ1) is 13.5. The monoisotopic (exact) mass is 226 g/mol. The highest BCUT2D eigenvalue weighted by Crippen LogP contribution is 2.27. The van der Waals surface area contributed by atoms with E-state index in [9.17, 15) is 4.79 Å². The van der Waals surface area contributed by atoms with Crippen LogP contribution in [0.2, 0.25) is 0 Å². The summed E-state index contributed by atoms with van der Waals surface area (Å²) in [5.41, 5.74) is 5.76. The molecule has 1 fully saturated rings. The molecule has 94 valence electrons. The van der Waals surface area contributed by atoms with E-state index in [4.69, 9.17) is 5.73 Å². The first-order valence-electron chi connectivity index (χ1n) is 6.38. The lowest BCUT2D eigenvalue weighted by Gasteiger charge is -2.29. The van der Waals surface area contributed by atoms with Gasteiger partial charge >= 0.3 is 0 Å². The molecule has 1 aliphatic carbocycles. The Kier molecular flexibility index (Phi) is 4.36. The summed E-state index contributed by atoms with van der Waals surface area (Å²) in [6, 6.07) is -0.153. The quantitative estimate of drug-likeness (QED) is 0.774. The topological polar surface area (TPSA) is 55.1 Å². The maximum Gasteiger partial charge on any atom is 0.237 e. The molecular weight excluding hydrogens is 200 g/mol. The van der Waals surface area contributed by atoms with Crippen molar-refractivity contribution in [2.45, 2.75) is 65.5 Å². The minimum atomic E-state index is -0.420. The first-order valence-corrected chi connectivity index (χ1v) is 6.38. The molecule has 0 heterocycles. The van der Waals surface area contributed by atoms with Crippen LogP contribution in [0, 0.1) is 11.3 Å². The van der Waals surface area contributed by atoms with Crippen LogP contribution in [-0.4, -0.2) is 18.0 Å². The van der Waals surface area contributed by atoms with Crippen molar-refractivity contribution in [2.24, 2.45) is 17.1 Å². The number of hydrogen-bond acceptors (Lipinski definition) is 2. The second-order valence-corrected chi connectivity index (χ2v) is 6.19. The van der Waals surface area contributed by atoms with Gasteiger partial charge in [-0.3, -0.25) is 4.79 Å². The molecule has 3 heteroatoms. The Morgan fingerprint density at radius 2 is 1.81 bits per heavy atom. The molecule has 0 aliphatic heterocycles. The van der Waals surface area contributed by atoms with Crippen molar-refractivity contribution in [1.29, 1.82) is 0 Å². The summed E-state index contributed by atoms with van der Waals surface area (Å²) in [5.74, 6) is 0.642. The molecular formula is C13H26N2O. The molecule has 2 atom stereocenters. The van der Waals surface area contributed by atoms with Crippen molar-refractivity contribution in [2.75, 3.05) is 0 Å². The van der Waals surface area contributed by atoms with E-state index < -0.39 is 6.04 Å². The van der Waals surface area contributed by atoms with E-state index in [1.807, 2.05) is 20.8 Å². The number of nitrogens with two attached hydrogens (primary N) is 1. The van der Waals surface area contributed by atoms with Gasteiger partial charge in [0.05, 0.1) is 6.04 Å². The molecule has 1 unspecified atom stereocenters. The van der Waals surface area contributed by atoms with Crippen molar-refractivity contribution >= 4 is 5.91 Å². The maximum absolute atomic E-state index is 11.9. The third-order valence-electron chi connectivity index (χ3n) is 3.69. The molecule has 0 aromatic carbocycles. The minimum absolute atomic E-state index is 0.00750. The van der Waals surface area contributed by atoms with Gasteiger partial charge < -0.3 is 11.1 Å². The zero-order valence-corrected chi connectivity index (χ0v) is 11.0. The SMILES string of the molecule is C[C@@H](NC(=O)C(N)C(C)(C)C)C1CCCC1. The van der Waals surface area contributed by atoms with Crippen molar-refractivity contribution in [1.82, 2.24) is 5.32 Å². The average Bonchev–Trinajstić information content (AvgIpc) is 2.67. The largest absolute Gasteiger partial charge is 0.352 e. The molecule has 0 spiro atoms. The number of carbonyl (C=O) groups excluding carboxylic acids is 1. The zero-order chi connectivity index (χ0) is 12.3. The van der Waals surface area contributed by atoms with Crippen LogP contribution in [0.3, 0.4) is 0 Å². The number of amides is 1. The van der Waals surface area contributed by atoms with Crippen LogP contribution in [0.15, 0.2) is 0 Å². The Hall–Kier alpha value is -0.570. The number of carbonyl (C=O) groups is 1. The predicted molar refractivity (Wildman–Crippen MR) is 67.0 cm³/mol. The Labute approximate surface area is 99.2 Å². The average molecular weight is 226 g/mol. The van der Waals surface area contributed by atoms with Gasteiger partial charge in [0.1, 0.15) is 0 Å². The van der Waals surface area contributed by atoms with E-state index in [-0.39, 0.29) is 17.4 Å². The molecule has 1 rings (SSSR count). The van der Waals surface area contributed by atoms with E-state index in [1.165, 1.54) is 25.7 Å². The molecule has 0 radical (unpaired) electrons. The highest BCUT2D eigenvalue weighted by atomic mass is 16.2. The summed E-state index contributed by atoms with van der Waals surface area (Å²) < 4.78 is 0. The molecule has 16 heavy (non-hydrogen) atoms. The van der Waals surface area contributed by atoms with Gasteiger partial charge in [-0.25, -0.2) is 0 Å². The van der Waals surface area contributed by atoms with Gasteiger partial charge in [0.2, 0.25) is 5.91 Å². The lowest BCUT2D eigenvalue weighted by atomic mass is 9.86. The first-order chi connectivity index (χ1) is 7.32. The van der Waals surface area contributed by atoms with E-state index in [1.54, 1.807) is 0 Å². The van der Waals surface area contributed by atoms with E-state index >= 15 is 0 Å². The zero-order valence-electron chi connectivity index (χ0n) is 11.0. The van der Waals surface area contributed by atoms with Crippen LogP contribution in [0.25, 0.3) is 0 Å². The summed E-state index contributed by atoms with van der Waals surface area (Å²) in [6.07, 6.45) is 5.09. The van der Waals surface area contributed by atoms with Crippen LogP contribution < -0.4 is 11.1 Å². The number of nitrogens with one attached hydrogen (secondary N) is 1. The Morgan fingerprint density at radius 1 is 1.31 bits per heavy atom. The standard InChI is InChI=1S/C13H26N2O/c1-9(10-7-5-6-8-10)15-12(16)11(14)13(2,3)4/h9-11H,5-8,14H2,1-4H3,(H,15,16)/t9-,11?/m1/s1. The fourth-order valence-electron chi connectivity index (χ4n) is 2.28. The number of rotatable bonds is 3. The summed E-state index contributed by atoms with van der Waals surface area (Å²) in [4.78, 5) is 11.9. The lowest BCUT2D eigenvalue weighted by molar-refractivity contribution is -0.125. The third-order valence-corrected chi connectivity index (χ3v) is 3.69. The Morgan fingerprint density at radius 3 is 2.25 bits per heavy atom. The lowest BCUT2D eigenvalue weighted by Crippen LogP contribution is -2.52. The summed E-state index contributed by atoms with van der Waals surface area (Å²) >= 11 is 0. The smallest absolute Gasteiger partial charge is 0.237 e. The van der Waals surface area contributed by atoms with Crippen LogP contribution >= 0.6 is 0 Å². The minimum Gasteiger partial charge on any atom is -0.352 e. The molecule has 1 amide bonds. The van der Waals surface area contributed by atoms with Crippen molar-refractivity contribution in [3.05, 3.63) is 0 Å². The summed E-state index contributed by atoms with van der Waals surface area (Å²) in [7, 11) is 0. The van der Waals surface area contributed by atoms with E-state index in [0.717, 1.165) is 0 Å². The van der Waals surface area contributed by atoms with E-state index in [2.05, 4.69) is 12.2 Å². The molecule has 0 aromatic heterocycles. The molecule has 3 N–H and O–H groups in total. The van der Waals surface area contributed by atoms with Gasteiger partial charge in [-0.05, 0) is 31.1 Å². The van der Waals surface area contributed by atoms with Crippen molar-refractivity contribution in [3.8, 4) is 0 Å². The third kappa shape index (κ3) is 3.48. The van der Waals surface area contributed by atoms with Gasteiger partial charge in [0.15, 0.2) is 0 Å². The predicted octanol–water partition coefficient (Wildman–Crippen LogP) is 2.05. The second-order valence-electron chi connectivity index (χ2n) is 6.19. The molecule has 1 aliphatic rings. The normalized spacial score (nSPS) is 21.8. The molecule has 0 bridgehead atoms. The van der Waals surface area contributed by atoms with Gasteiger partial charge in [-0.15, -0.1) is 0 Å². The molecule has 0 saturated heterocycles. The van der Waals surface area contributed by atoms with Crippen molar-refractivity contribution in [3.63, 3.8) is 0 Å². The summed E-state index contributed by atoms with van der Waals surface area (Å²) in [5, 5.41) is 3.06. The van der Waals surface area contributed by atoms with Gasteiger partial charge in [0, 0.05) is 6.04 Å². The fraction of sp³-hybridized carbons (Fsp3) is 0.923. The van der Waals surface area contributed by atoms with Crippen LogP contribution in [-0.2, 0) is 4.79 Å². The fourth-order valence-corrected chi connectivity index (χ4v) is 2.28.